The van der Waals surface area contributed by atoms with Crippen LogP contribution in [-0.4, -0.2) is 39.9 Å². The Bertz CT molecular complexity index is 1010. The normalized spacial score (nSPS) is 16.6. The average Bonchev–Trinajstić information content (AvgIpc) is 3.47. The summed E-state index contributed by atoms with van der Waals surface area (Å²) < 4.78 is 8.51. The Labute approximate surface area is 182 Å². The van der Waals surface area contributed by atoms with E-state index in [9.17, 15) is 4.79 Å². The van der Waals surface area contributed by atoms with Crippen molar-refractivity contribution in [3.63, 3.8) is 0 Å². The second-order valence-electron chi connectivity index (χ2n) is 6.82. The summed E-state index contributed by atoms with van der Waals surface area (Å²) >= 11 is 4.92. The second kappa shape index (κ2) is 9.02. The topological polar surface area (TPSA) is 60.2 Å². The zero-order chi connectivity index (χ0) is 20.2. The van der Waals surface area contributed by atoms with Gasteiger partial charge >= 0.3 is 0 Å². The third-order valence-electron chi connectivity index (χ3n) is 4.79. The summed E-state index contributed by atoms with van der Waals surface area (Å²) in [5, 5.41) is 6.79. The van der Waals surface area contributed by atoms with E-state index in [1.807, 2.05) is 42.8 Å². The van der Waals surface area contributed by atoms with Crippen LogP contribution >= 0.6 is 27.3 Å². The predicted molar refractivity (Wildman–Crippen MR) is 119 cm³/mol. The summed E-state index contributed by atoms with van der Waals surface area (Å²) in [5.74, 6) is -0.113. The minimum Gasteiger partial charge on any atom is -0.376 e. The summed E-state index contributed by atoms with van der Waals surface area (Å²) in [7, 11) is 1.85. The van der Waals surface area contributed by atoms with E-state index in [2.05, 4.69) is 21.0 Å². The molecule has 2 aromatic heterocycles. The van der Waals surface area contributed by atoms with Gasteiger partial charge in [0.05, 0.1) is 24.0 Å². The van der Waals surface area contributed by atoms with E-state index in [4.69, 9.17) is 9.72 Å². The molecule has 1 unspecified atom stereocenters. The zero-order valence-corrected chi connectivity index (χ0v) is 18.4. The van der Waals surface area contributed by atoms with Crippen molar-refractivity contribution in [1.29, 1.82) is 0 Å². The third kappa shape index (κ3) is 4.83. The molecule has 1 fully saturated rings. The zero-order valence-electron chi connectivity index (χ0n) is 16.0. The number of amides is 1. The van der Waals surface area contributed by atoms with Crippen LogP contribution in [0.3, 0.4) is 0 Å². The van der Waals surface area contributed by atoms with Crippen molar-refractivity contribution in [3.8, 4) is 11.3 Å². The molecule has 4 rings (SSSR count). The van der Waals surface area contributed by atoms with Crippen LogP contribution in [0.15, 0.2) is 52.5 Å². The van der Waals surface area contributed by atoms with E-state index in [0.29, 0.717) is 11.7 Å². The molecule has 1 atom stereocenters. The predicted octanol–water partition coefficient (Wildman–Crippen LogP) is 4.53. The number of hydrogen-bond donors (Lipinski definition) is 0. The molecule has 1 aromatic carbocycles. The Hall–Kier alpha value is -2.29. The fraction of sp³-hybridized carbons (Fsp3) is 0.286. The SMILES string of the molecule is Cn1nccc1C=CC(=O)N(CC1CCCO1)c1nc(-c2ccc(Br)cc2)cs1. The number of anilines is 1. The number of aryl methyl sites for hydroxylation is 1. The van der Waals surface area contributed by atoms with Crippen LogP contribution in [-0.2, 0) is 16.6 Å². The lowest BCUT2D eigenvalue weighted by Gasteiger charge is -2.21. The fourth-order valence-corrected chi connectivity index (χ4v) is 4.30. The van der Waals surface area contributed by atoms with Gasteiger partial charge in [-0.15, -0.1) is 11.3 Å². The molecule has 150 valence electrons. The van der Waals surface area contributed by atoms with Crippen LogP contribution in [0.2, 0.25) is 0 Å². The first-order valence-electron chi connectivity index (χ1n) is 9.41. The van der Waals surface area contributed by atoms with Crippen molar-refractivity contribution in [2.75, 3.05) is 18.1 Å². The number of benzene rings is 1. The Balaban J connectivity index is 1.58. The van der Waals surface area contributed by atoms with Crippen LogP contribution in [0.4, 0.5) is 5.13 Å². The molecule has 1 aliphatic heterocycles. The summed E-state index contributed by atoms with van der Waals surface area (Å²) in [6.07, 6.45) is 7.09. The van der Waals surface area contributed by atoms with Gasteiger partial charge in [-0.05, 0) is 37.1 Å². The number of nitrogens with zero attached hydrogens (tertiary/aromatic N) is 4. The van der Waals surface area contributed by atoms with Crippen LogP contribution in [0, 0.1) is 0 Å². The molecule has 1 aliphatic rings. The number of carbonyl (C=O) groups is 1. The lowest BCUT2D eigenvalue weighted by atomic mass is 10.2. The molecule has 0 radical (unpaired) electrons. The van der Waals surface area contributed by atoms with Gasteiger partial charge in [0, 0.05) is 41.3 Å². The van der Waals surface area contributed by atoms with Crippen molar-refractivity contribution in [2.24, 2.45) is 7.05 Å². The van der Waals surface area contributed by atoms with E-state index in [-0.39, 0.29) is 12.0 Å². The van der Waals surface area contributed by atoms with E-state index in [1.165, 1.54) is 11.3 Å². The quantitative estimate of drug-likeness (QED) is 0.494. The number of carbonyl (C=O) groups excluding carboxylic acids is 1. The van der Waals surface area contributed by atoms with Gasteiger partial charge in [0.25, 0.3) is 5.91 Å². The Morgan fingerprint density at radius 1 is 1.38 bits per heavy atom. The average molecular weight is 473 g/mol. The molecule has 6 nitrogen and oxygen atoms in total. The van der Waals surface area contributed by atoms with Crippen molar-refractivity contribution in [3.05, 3.63) is 58.2 Å². The number of thiazole rings is 1. The standard InChI is InChI=1S/C21H21BrN4O2S/c1-25-17(10-11-23-25)8-9-20(27)26(13-18-3-2-12-28-18)21-24-19(14-29-21)15-4-6-16(22)7-5-15/h4-11,14,18H,2-3,12-13H2,1H3. The molecule has 3 heterocycles. The van der Waals surface area contributed by atoms with Crippen LogP contribution in [0.25, 0.3) is 17.3 Å². The van der Waals surface area contributed by atoms with Gasteiger partial charge in [-0.2, -0.15) is 5.10 Å². The summed E-state index contributed by atoms with van der Waals surface area (Å²) in [5.41, 5.74) is 2.74. The number of ether oxygens (including phenoxy) is 1. The molecular formula is C21H21BrN4O2S. The molecule has 8 heteroatoms. The first-order valence-corrected chi connectivity index (χ1v) is 11.1. The largest absolute Gasteiger partial charge is 0.376 e. The first kappa shape index (κ1) is 20.0. The van der Waals surface area contributed by atoms with Crippen LogP contribution in [0.1, 0.15) is 18.5 Å². The Kier molecular flexibility index (Phi) is 6.22. The van der Waals surface area contributed by atoms with E-state index < -0.39 is 0 Å². The fourth-order valence-electron chi connectivity index (χ4n) is 3.19. The molecule has 0 N–H and O–H groups in total. The van der Waals surface area contributed by atoms with Gasteiger partial charge < -0.3 is 4.74 Å². The molecule has 0 spiro atoms. The first-order chi connectivity index (χ1) is 14.1. The van der Waals surface area contributed by atoms with E-state index in [0.717, 1.165) is 40.9 Å². The lowest BCUT2D eigenvalue weighted by Crippen LogP contribution is -2.36. The highest BCUT2D eigenvalue weighted by atomic mass is 79.9. The smallest absolute Gasteiger partial charge is 0.252 e. The van der Waals surface area contributed by atoms with Gasteiger partial charge in [0.2, 0.25) is 0 Å². The number of rotatable bonds is 6. The van der Waals surface area contributed by atoms with E-state index in [1.54, 1.807) is 27.9 Å². The number of halogens is 1. The molecule has 0 saturated carbocycles. The van der Waals surface area contributed by atoms with Gasteiger partial charge in [0.1, 0.15) is 0 Å². The van der Waals surface area contributed by atoms with Gasteiger partial charge in [-0.25, -0.2) is 4.98 Å². The maximum Gasteiger partial charge on any atom is 0.252 e. The van der Waals surface area contributed by atoms with Gasteiger partial charge in [-0.3, -0.25) is 14.4 Å². The Morgan fingerprint density at radius 2 is 2.21 bits per heavy atom. The molecular weight excluding hydrogens is 452 g/mol. The maximum atomic E-state index is 13.0. The highest BCUT2D eigenvalue weighted by Crippen LogP contribution is 2.29. The highest BCUT2D eigenvalue weighted by Gasteiger charge is 2.25. The molecule has 1 saturated heterocycles. The Morgan fingerprint density at radius 3 is 2.90 bits per heavy atom. The van der Waals surface area contributed by atoms with Gasteiger partial charge in [0.15, 0.2) is 5.13 Å². The number of aromatic nitrogens is 3. The molecule has 1 amide bonds. The van der Waals surface area contributed by atoms with Crippen molar-refractivity contribution in [1.82, 2.24) is 14.8 Å². The monoisotopic (exact) mass is 472 g/mol. The van der Waals surface area contributed by atoms with Crippen LogP contribution < -0.4 is 4.90 Å². The second-order valence-corrected chi connectivity index (χ2v) is 8.57. The molecule has 0 bridgehead atoms. The minimum atomic E-state index is -0.113. The molecule has 3 aromatic rings. The minimum absolute atomic E-state index is 0.0454. The summed E-state index contributed by atoms with van der Waals surface area (Å²) in [4.78, 5) is 19.5. The summed E-state index contributed by atoms with van der Waals surface area (Å²) in [6.45, 7) is 1.25. The lowest BCUT2D eigenvalue weighted by molar-refractivity contribution is -0.114. The molecule has 29 heavy (non-hydrogen) atoms. The number of hydrogen-bond acceptors (Lipinski definition) is 5. The maximum absolute atomic E-state index is 13.0. The van der Waals surface area contributed by atoms with Crippen molar-refractivity contribution >= 4 is 44.4 Å². The summed E-state index contributed by atoms with van der Waals surface area (Å²) in [6, 6.07) is 9.86. The van der Waals surface area contributed by atoms with Gasteiger partial charge in [-0.1, -0.05) is 28.1 Å². The van der Waals surface area contributed by atoms with E-state index >= 15 is 0 Å². The van der Waals surface area contributed by atoms with Crippen molar-refractivity contribution < 1.29 is 9.53 Å². The van der Waals surface area contributed by atoms with Crippen LogP contribution in [0.5, 0.6) is 0 Å². The van der Waals surface area contributed by atoms with Crippen molar-refractivity contribution in [2.45, 2.75) is 18.9 Å². The molecule has 0 aliphatic carbocycles. The highest BCUT2D eigenvalue weighted by molar-refractivity contribution is 9.10. The third-order valence-corrected chi connectivity index (χ3v) is 6.19.